The first-order valence-corrected chi connectivity index (χ1v) is 18.3. The van der Waals surface area contributed by atoms with Crippen LogP contribution in [-0.2, 0) is 18.9 Å². The number of ether oxygens (including phenoxy) is 4. The van der Waals surface area contributed by atoms with Crippen molar-refractivity contribution in [3.8, 4) is 0 Å². The number of hydrogen-bond acceptors (Lipinski definition) is 10. The standard InChI is InChI=1S/C37H60O10/c1-19(2)15-21-27(40)26(31(44-6)45-21)20-9-11-35(5)24-8-7-23-33(3,18-39)25(47-32-30(43)29(42)28(41)22(16-38)46-32)10-12-36(23)17-37(24,36)14-13-34(20,35)4/h15,20-32,38-43H,7-14,16-18H2,1-6H3/t20-,21-,22-,23?,24+,25?,26+,27-,28-,29+,30-,31-,32+,33-,34-,35+,36-,37+/m1/s1. The number of aliphatic hydroxyl groups is 6. The Bertz CT molecular complexity index is 1220. The van der Waals surface area contributed by atoms with E-state index in [0.717, 1.165) is 50.5 Å². The van der Waals surface area contributed by atoms with Crippen molar-refractivity contribution in [2.45, 2.75) is 148 Å². The van der Waals surface area contributed by atoms with Gasteiger partial charge in [0.2, 0.25) is 0 Å². The molecule has 47 heavy (non-hydrogen) atoms. The number of hydrogen-bond donors (Lipinski definition) is 6. The second-order valence-corrected chi connectivity index (χ2v) is 17.7. The van der Waals surface area contributed by atoms with Gasteiger partial charge >= 0.3 is 0 Å². The van der Waals surface area contributed by atoms with Gasteiger partial charge < -0.3 is 49.6 Å². The van der Waals surface area contributed by atoms with Crippen LogP contribution in [0.1, 0.15) is 92.4 Å². The molecule has 0 aromatic rings. The zero-order valence-corrected chi connectivity index (χ0v) is 29.2. The van der Waals surface area contributed by atoms with E-state index in [1.807, 2.05) is 19.9 Å². The number of allylic oxidation sites excluding steroid dienone is 1. The van der Waals surface area contributed by atoms with Crippen LogP contribution in [0.25, 0.3) is 0 Å². The number of aliphatic hydroxyl groups excluding tert-OH is 6. The Morgan fingerprint density at radius 3 is 2.13 bits per heavy atom. The fourth-order valence-corrected chi connectivity index (χ4v) is 13.4. The van der Waals surface area contributed by atoms with Gasteiger partial charge in [0.25, 0.3) is 0 Å². The highest BCUT2D eigenvalue weighted by molar-refractivity contribution is 5.31. The summed E-state index contributed by atoms with van der Waals surface area (Å²) in [5.74, 6) is 1.05. The van der Waals surface area contributed by atoms with Gasteiger partial charge in [-0.15, -0.1) is 0 Å². The zero-order chi connectivity index (χ0) is 33.9. The first-order chi connectivity index (χ1) is 22.2. The maximum absolute atomic E-state index is 11.6. The molecule has 6 N–H and O–H groups in total. The molecule has 0 amide bonds. The summed E-state index contributed by atoms with van der Waals surface area (Å²) in [4.78, 5) is 0. The molecule has 0 aromatic carbocycles. The van der Waals surface area contributed by atoms with Crippen LogP contribution in [0, 0.1) is 50.7 Å². The molecule has 7 fully saturated rings. The second kappa shape index (κ2) is 11.7. The average molecular weight is 665 g/mol. The highest BCUT2D eigenvalue weighted by Crippen LogP contribution is 2.89. The summed E-state index contributed by atoms with van der Waals surface area (Å²) >= 11 is 0. The molecule has 2 heterocycles. The molecule has 10 heteroatoms. The van der Waals surface area contributed by atoms with Crippen LogP contribution in [0.2, 0.25) is 0 Å². The largest absolute Gasteiger partial charge is 0.396 e. The molecule has 7 rings (SSSR count). The summed E-state index contributed by atoms with van der Waals surface area (Å²) in [6.45, 7) is 10.7. The smallest absolute Gasteiger partial charge is 0.186 e. The van der Waals surface area contributed by atoms with E-state index in [4.69, 9.17) is 18.9 Å². The third-order valence-electron chi connectivity index (χ3n) is 15.9. The van der Waals surface area contributed by atoms with Gasteiger partial charge in [-0.1, -0.05) is 32.4 Å². The SMILES string of the molecule is CO[C@@H]1O[C@H](C=C(C)C)[C@@H](O)[C@@H]1[C@H]1CC[C@@]2(C)[C@@H]3CCC4[C@@](C)(CO)C(O[C@@H]5O[C@H](CO)[C@@H](O)[C@H](O)[C@H]5O)CC[C@@]45C[C@@]35CC[C@]12C. The third-order valence-corrected chi connectivity index (χ3v) is 15.9. The highest BCUT2D eigenvalue weighted by Gasteiger charge is 2.83. The first-order valence-electron chi connectivity index (χ1n) is 18.3. The zero-order valence-electron chi connectivity index (χ0n) is 29.2. The Morgan fingerprint density at radius 1 is 0.766 bits per heavy atom. The lowest BCUT2D eigenvalue weighted by Gasteiger charge is -2.64. The van der Waals surface area contributed by atoms with Crippen LogP contribution in [0.4, 0.5) is 0 Å². The van der Waals surface area contributed by atoms with Crippen LogP contribution in [0.15, 0.2) is 11.6 Å². The van der Waals surface area contributed by atoms with Gasteiger partial charge in [0, 0.05) is 18.4 Å². The molecule has 5 saturated carbocycles. The summed E-state index contributed by atoms with van der Waals surface area (Å²) < 4.78 is 24.4. The molecule has 2 saturated heterocycles. The molecule has 0 radical (unpaired) electrons. The molecule has 0 bridgehead atoms. The van der Waals surface area contributed by atoms with Crippen molar-refractivity contribution in [3.63, 3.8) is 0 Å². The lowest BCUT2D eigenvalue weighted by atomic mass is 9.41. The van der Waals surface area contributed by atoms with Crippen LogP contribution >= 0.6 is 0 Å². The van der Waals surface area contributed by atoms with Crippen LogP contribution < -0.4 is 0 Å². The second-order valence-electron chi connectivity index (χ2n) is 17.7. The molecule has 7 aliphatic rings. The fourth-order valence-electron chi connectivity index (χ4n) is 13.4. The average Bonchev–Trinajstić information content (AvgIpc) is 3.51. The van der Waals surface area contributed by atoms with Gasteiger partial charge in [-0.2, -0.15) is 0 Å². The topological polar surface area (TPSA) is 158 Å². The molecular formula is C37H60O10. The molecule has 10 nitrogen and oxygen atoms in total. The van der Waals surface area contributed by atoms with E-state index >= 15 is 0 Å². The maximum Gasteiger partial charge on any atom is 0.186 e. The predicted octanol–water partition coefficient (Wildman–Crippen LogP) is 2.90. The summed E-state index contributed by atoms with van der Waals surface area (Å²) in [6.07, 6.45) is 3.04. The number of fused-ring (bicyclic) bond motifs is 2. The Hall–Kier alpha value is -0.660. The lowest BCUT2D eigenvalue weighted by molar-refractivity contribution is -0.329. The molecule has 2 aliphatic heterocycles. The summed E-state index contributed by atoms with van der Waals surface area (Å²) in [6, 6.07) is 0. The molecule has 0 aromatic heterocycles. The van der Waals surface area contributed by atoms with E-state index in [-0.39, 0.29) is 46.2 Å². The van der Waals surface area contributed by atoms with Crippen molar-refractivity contribution in [2.75, 3.05) is 20.3 Å². The van der Waals surface area contributed by atoms with E-state index in [0.29, 0.717) is 18.3 Å². The molecule has 268 valence electrons. The van der Waals surface area contributed by atoms with Crippen LogP contribution in [0.3, 0.4) is 0 Å². The van der Waals surface area contributed by atoms with Crippen molar-refractivity contribution < 1.29 is 49.6 Å². The van der Waals surface area contributed by atoms with E-state index in [9.17, 15) is 30.6 Å². The van der Waals surface area contributed by atoms with Gasteiger partial charge in [-0.25, -0.2) is 0 Å². The van der Waals surface area contributed by atoms with Gasteiger partial charge in [0.05, 0.1) is 25.4 Å². The summed E-state index contributed by atoms with van der Waals surface area (Å²) in [7, 11) is 1.70. The summed E-state index contributed by atoms with van der Waals surface area (Å²) in [5, 5.41) is 63.8. The molecule has 18 atom stereocenters. The molecule has 2 spiro atoms. The quantitative estimate of drug-likeness (QED) is 0.177. The Morgan fingerprint density at radius 2 is 1.47 bits per heavy atom. The van der Waals surface area contributed by atoms with Crippen molar-refractivity contribution in [3.05, 3.63) is 11.6 Å². The molecular weight excluding hydrogens is 604 g/mol. The van der Waals surface area contributed by atoms with Crippen molar-refractivity contribution in [2.24, 2.45) is 50.7 Å². The van der Waals surface area contributed by atoms with Crippen molar-refractivity contribution in [1.29, 1.82) is 0 Å². The lowest BCUT2D eigenvalue weighted by Crippen LogP contribution is -2.63. The van der Waals surface area contributed by atoms with Gasteiger partial charge in [-0.3, -0.25) is 0 Å². The van der Waals surface area contributed by atoms with Crippen molar-refractivity contribution >= 4 is 0 Å². The normalized spacial score (nSPS) is 58.3. The number of methoxy groups -OCH3 is 1. The van der Waals surface area contributed by atoms with E-state index in [2.05, 4.69) is 20.8 Å². The van der Waals surface area contributed by atoms with Crippen LogP contribution in [0.5, 0.6) is 0 Å². The number of rotatable bonds is 7. The monoisotopic (exact) mass is 664 g/mol. The van der Waals surface area contributed by atoms with E-state index in [1.165, 1.54) is 6.42 Å². The van der Waals surface area contributed by atoms with E-state index < -0.39 is 61.2 Å². The minimum Gasteiger partial charge on any atom is -0.396 e. The maximum atomic E-state index is 11.6. The molecule has 2 unspecified atom stereocenters. The molecule has 5 aliphatic carbocycles. The Labute approximate surface area is 279 Å². The fraction of sp³-hybridized carbons (Fsp3) is 0.946. The summed E-state index contributed by atoms with van der Waals surface area (Å²) in [5.41, 5.74) is 1.09. The Kier molecular flexibility index (Phi) is 8.65. The van der Waals surface area contributed by atoms with Gasteiger partial charge in [0.15, 0.2) is 12.6 Å². The predicted molar refractivity (Wildman–Crippen MR) is 172 cm³/mol. The van der Waals surface area contributed by atoms with Crippen molar-refractivity contribution in [1.82, 2.24) is 0 Å². The minimum atomic E-state index is -1.50. The van der Waals surface area contributed by atoms with Gasteiger partial charge in [-0.05, 0) is 111 Å². The highest BCUT2D eigenvalue weighted by atomic mass is 16.7. The Balaban J connectivity index is 1.13. The minimum absolute atomic E-state index is 0.0505. The van der Waals surface area contributed by atoms with Gasteiger partial charge in [0.1, 0.15) is 30.5 Å². The van der Waals surface area contributed by atoms with Crippen LogP contribution in [-0.4, -0.2) is 106 Å². The van der Waals surface area contributed by atoms with E-state index in [1.54, 1.807) is 7.11 Å². The first kappa shape index (κ1) is 34.8. The third kappa shape index (κ3) is 4.58.